The molecule has 1 aliphatic rings. The lowest BCUT2D eigenvalue weighted by Crippen LogP contribution is -2.33. The highest BCUT2D eigenvalue weighted by molar-refractivity contribution is 6.54. The summed E-state index contributed by atoms with van der Waals surface area (Å²) in [6.07, 6.45) is 0. The highest BCUT2D eigenvalue weighted by Crippen LogP contribution is 2.34. The summed E-state index contributed by atoms with van der Waals surface area (Å²) < 4.78 is 11.0. The van der Waals surface area contributed by atoms with Gasteiger partial charge in [-0.25, -0.2) is 0 Å². The standard InChI is InChI=1S/C23H20N2O4/c1-28-19-9-5-6-16(14-19)17-10-11-20-21(15-17)25(23(26)22(20)24-27)12-13-29-18-7-3-2-4-8-18/h2-11,14-15,27H,12-13H2,1H3/b24-22+. The van der Waals surface area contributed by atoms with Gasteiger partial charge in [-0.1, -0.05) is 41.6 Å². The fraction of sp³-hybridized carbons (Fsp3) is 0.130. The van der Waals surface area contributed by atoms with Crippen LogP contribution in [-0.2, 0) is 4.79 Å². The van der Waals surface area contributed by atoms with Crippen molar-refractivity contribution in [2.24, 2.45) is 5.16 Å². The van der Waals surface area contributed by atoms with Crippen molar-refractivity contribution in [1.82, 2.24) is 0 Å². The molecule has 1 amide bonds. The van der Waals surface area contributed by atoms with Crippen molar-refractivity contribution in [3.63, 3.8) is 0 Å². The lowest BCUT2D eigenvalue weighted by Gasteiger charge is -2.18. The average Bonchev–Trinajstić information content (AvgIpc) is 3.04. The lowest BCUT2D eigenvalue weighted by atomic mass is 10.0. The van der Waals surface area contributed by atoms with Crippen LogP contribution in [-0.4, -0.2) is 37.1 Å². The molecule has 146 valence electrons. The maximum atomic E-state index is 12.7. The molecule has 3 aromatic rings. The number of hydrogen-bond donors (Lipinski definition) is 1. The van der Waals surface area contributed by atoms with Gasteiger partial charge < -0.3 is 19.6 Å². The van der Waals surface area contributed by atoms with E-state index < -0.39 is 0 Å². The zero-order valence-electron chi connectivity index (χ0n) is 15.9. The molecule has 0 radical (unpaired) electrons. The molecular weight excluding hydrogens is 368 g/mol. The Balaban J connectivity index is 1.62. The van der Waals surface area contributed by atoms with E-state index >= 15 is 0 Å². The third-order valence-corrected chi connectivity index (χ3v) is 4.82. The number of hydrogen-bond acceptors (Lipinski definition) is 5. The molecule has 0 aromatic heterocycles. The summed E-state index contributed by atoms with van der Waals surface area (Å²) in [5, 5.41) is 12.6. The zero-order chi connectivity index (χ0) is 20.2. The Hall–Kier alpha value is -3.80. The Morgan fingerprint density at radius 1 is 0.931 bits per heavy atom. The number of ether oxygens (including phenoxy) is 2. The van der Waals surface area contributed by atoms with Crippen molar-refractivity contribution < 1.29 is 19.5 Å². The second kappa shape index (κ2) is 8.06. The van der Waals surface area contributed by atoms with Crippen LogP contribution in [0.25, 0.3) is 11.1 Å². The minimum absolute atomic E-state index is 0.0388. The van der Waals surface area contributed by atoms with E-state index in [1.54, 1.807) is 18.1 Å². The number of carbonyl (C=O) groups excluding carboxylic acids is 1. The van der Waals surface area contributed by atoms with Gasteiger partial charge in [0.2, 0.25) is 0 Å². The normalized spacial score (nSPS) is 14.2. The molecule has 6 heteroatoms. The number of nitrogens with zero attached hydrogens (tertiary/aromatic N) is 2. The van der Waals surface area contributed by atoms with Crippen molar-refractivity contribution in [2.45, 2.75) is 0 Å². The van der Waals surface area contributed by atoms with Gasteiger partial charge in [-0.3, -0.25) is 4.79 Å². The molecule has 0 atom stereocenters. The highest BCUT2D eigenvalue weighted by atomic mass is 16.5. The summed E-state index contributed by atoms with van der Waals surface area (Å²) in [6.45, 7) is 0.651. The van der Waals surface area contributed by atoms with Crippen molar-refractivity contribution in [1.29, 1.82) is 0 Å². The van der Waals surface area contributed by atoms with E-state index in [1.807, 2.05) is 66.7 Å². The molecule has 6 nitrogen and oxygen atoms in total. The average molecular weight is 388 g/mol. The smallest absolute Gasteiger partial charge is 0.281 e. The Labute approximate surface area is 168 Å². The summed E-state index contributed by atoms with van der Waals surface area (Å²) in [4.78, 5) is 14.3. The molecule has 0 fully saturated rings. The predicted octanol–water partition coefficient (Wildman–Crippen LogP) is 3.97. The molecule has 4 rings (SSSR count). The fourth-order valence-corrected chi connectivity index (χ4v) is 3.38. The molecule has 29 heavy (non-hydrogen) atoms. The van der Waals surface area contributed by atoms with E-state index in [9.17, 15) is 10.0 Å². The Kier molecular flexibility index (Phi) is 5.16. The molecule has 0 unspecified atom stereocenters. The van der Waals surface area contributed by atoms with Crippen LogP contribution in [0.5, 0.6) is 11.5 Å². The van der Waals surface area contributed by atoms with Crippen LogP contribution in [0, 0.1) is 0 Å². The largest absolute Gasteiger partial charge is 0.497 e. The number of benzene rings is 3. The van der Waals surface area contributed by atoms with E-state index in [2.05, 4.69) is 5.16 Å². The van der Waals surface area contributed by atoms with Crippen LogP contribution < -0.4 is 14.4 Å². The monoisotopic (exact) mass is 388 g/mol. The predicted molar refractivity (Wildman–Crippen MR) is 111 cm³/mol. The molecule has 0 saturated carbocycles. The minimum Gasteiger partial charge on any atom is -0.497 e. The van der Waals surface area contributed by atoms with E-state index in [-0.39, 0.29) is 11.6 Å². The molecule has 3 aromatic carbocycles. The highest BCUT2D eigenvalue weighted by Gasteiger charge is 2.34. The van der Waals surface area contributed by atoms with Crippen molar-refractivity contribution in [2.75, 3.05) is 25.2 Å². The van der Waals surface area contributed by atoms with E-state index in [1.165, 1.54) is 0 Å². The topological polar surface area (TPSA) is 71.4 Å². The second-order valence-corrected chi connectivity index (χ2v) is 6.53. The maximum absolute atomic E-state index is 12.7. The van der Waals surface area contributed by atoms with Gasteiger partial charge in [0.25, 0.3) is 5.91 Å². The second-order valence-electron chi connectivity index (χ2n) is 6.53. The molecular formula is C23H20N2O4. The summed E-state index contributed by atoms with van der Waals surface area (Å²) >= 11 is 0. The summed E-state index contributed by atoms with van der Waals surface area (Å²) in [6, 6.07) is 22.7. The van der Waals surface area contributed by atoms with Gasteiger partial charge in [0.1, 0.15) is 18.1 Å². The van der Waals surface area contributed by atoms with Crippen molar-refractivity contribution >= 4 is 17.3 Å². The third-order valence-electron chi connectivity index (χ3n) is 4.82. The van der Waals surface area contributed by atoms with Crippen molar-refractivity contribution in [3.8, 4) is 22.6 Å². The summed E-state index contributed by atoms with van der Waals surface area (Å²) in [7, 11) is 1.62. The van der Waals surface area contributed by atoms with Gasteiger partial charge in [0, 0.05) is 5.56 Å². The van der Waals surface area contributed by atoms with Crippen LogP contribution in [0.4, 0.5) is 5.69 Å². The fourth-order valence-electron chi connectivity index (χ4n) is 3.38. The van der Waals surface area contributed by atoms with Gasteiger partial charge >= 0.3 is 0 Å². The maximum Gasteiger partial charge on any atom is 0.281 e. The van der Waals surface area contributed by atoms with Crippen LogP contribution in [0.1, 0.15) is 5.56 Å². The van der Waals surface area contributed by atoms with Gasteiger partial charge in [-0.15, -0.1) is 0 Å². The summed E-state index contributed by atoms with van der Waals surface area (Å²) in [5.74, 6) is 1.15. The van der Waals surface area contributed by atoms with Crippen molar-refractivity contribution in [3.05, 3.63) is 78.4 Å². The third kappa shape index (κ3) is 3.65. The number of oxime groups is 1. The van der Waals surface area contributed by atoms with Gasteiger partial charge in [-0.05, 0) is 47.5 Å². The number of methoxy groups -OCH3 is 1. The summed E-state index contributed by atoms with van der Waals surface area (Å²) in [5.41, 5.74) is 3.23. The van der Waals surface area contributed by atoms with E-state index in [4.69, 9.17) is 9.47 Å². The lowest BCUT2D eigenvalue weighted by molar-refractivity contribution is -0.112. The number of para-hydroxylation sites is 1. The minimum atomic E-state index is -0.345. The van der Waals surface area contributed by atoms with Gasteiger partial charge in [0.05, 0.1) is 19.3 Å². The van der Waals surface area contributed by atoms with Crippen LogP contribution in [0.2, 0.25) is 0 Å². The zero-order valence-corrected chi connectivity index (χ0v) is 15.9. The number of carbonyl (C=O) groups is 1. The molecule has 1 heterocycles. The quantitative estimate of drug-likeness (QED) is 0.512. The molecule has 0 spiro atoms. The Morgan fingerprint density at radius 2 is 1.69 bits per heavy atom. The van der Waals surface area contributed by atoms with Crippen LogP contribution in [0.3, 0.4) is 0 Å². The molecule has 1 aliphatic heterocycles. The Bertz CT molecular complexity index is 1060. The van der Waals surface area contributed by atoms with Crippen LogP contribution in [0.15, 0.2) is 78.0 Å². The first kappa shape index (κ1) is 18.6. The first-order valence-electron chi connectivity index (χ1n) is 9.22. The first-order chi connectivity index (χ1) is 14.2. The number of anilines is 1. The van der Waals surface area contributed by atoms with Gasteiger partial charge in [0.15, 0.2) is 5.71 Å². The van der Waals surface area contributed by atoms with E-state index in [0.29, 0.717) is 24.4 Å². The number of rotatable bonds is 6. The molecule has 0 aliphatic carbocycles. The number of amides is 1. The molecule has 0 bridgehead atoms. The SMILES string of the molecule is COc1cccc(-c2ccc3c(c2)N(CCOc2ccccc2)C(=O)/C3=N/O)c1. The number of fused-ring (bicyclic) bond motifs is 1. The van der Waals surface area contributed by atoms with Crippen LogP contribution >= 0.6 is 0 Å². The molecule has 1 N–H and O–H groups in total. The first-order valence-corrected chi connectivity index (χ1v) is 9.22. The van der Waals surface area contributed by atoms with Gasteiger partial charge in [-0.2, -0.15) is 0 Å². The van der Waals surface area contributed by atoms with E-state index in [0.717, 1.165) is 22.6 Å². The Morgan fingerprint density at radius 3 is 2.45 bits per heavy atom. The molecule has 0 saturated heterocycles.